The summed E-state index contributed by atoms with van der Waals surface area (Å²) >= 11 is 0. The van der Waals surface area contributed by atoms with Crippen molar-refractivity contribution in [1.29, 1.82) is 0 Å². The lowest BCUT2D eigenvalue weighted by atomic mass is 10.1. The Kier molecular flexibility index (Phi) is 6.79. The van der Waals surface area contributed by atoms with Crippen molar-refractivity contribution in [2.75, 3.05) is 32.7 Å². The van der Waals surface area contributed by atoms with Gasteiger partial charge in [0.15, 0.2) is 0 Å². The minimum Gasteiger partial charge on any atom is -0.355 e. The lowest BCUT2D eigenvalue weighted by Gasteiger charge is -2.37. The zero-order valence-electron chi connectivity index (χ0n) is 15.0. The molecule has 0 aliphatic carbocycles. The molecule has 1 atom stereocenters. The highest BCUT2D eigenvalue weighted by Crippen LogP contribution is 2.12. The number of nitrogens with zero attached hydrogens (tertiary/aromatic N) is 2. The van der Waals surface area contributed by atoms with Crippen molar-refractivity contribution in [3.05, 3.63) is 35.4 Å². The third-order valence-corrected chi connectivity index (χ3v) is 4.75. The van der Waals surface area contributed by atoms with Crippen LogP contribution in [0.1, 0.15) is 31.4 Å². The largest absolute Gasteiger partial charge is 0.355 e. The molecule has 1 aromatic carbocycles. The highest BCUT2D eigenvalue weighted by molar-refractivity contribution is 5.81. The topological polar surface area (TPSA) is 52.7 Å². The molecule has 1 N–H and O–H groups in total. The number of rotatable bonds is 6. The number of hydrogen-bond acceptors (Lipinski definition) is 3. The van der Waals surface area contributed by atoms with E-state index in [4.69, 9.17) is 0 Å². The van der Waals surface area contributed by atoms with Gasteiger partial charge in [-0.25, -0.2) is 0 Å². The summed E-state index contributed by atoms with van der Waals surface area (Å²) in [6, 6.07) is 7.89. The number of carbonyl (C=O) groups is 2. The molecule has 1 unspecified atom stereocenters. The van der Waals surface area contributed by atoms with E-state index in [2.05, 4.69) is 10.2 Å². The normalized spacial score (nSPS) is 16.7. The van der Waals surface area contributed by atoms with Gasteiger partial charge in [-0.1, -0.05) is 31.2 Å². The first-order chi connectivity index (χ1) is 11.5. The molecule has 0 aromatic heterocycles. The van der Waals surface area contributed by atoms with Crippen LogP contribution in [0.15, 0.2) is 24.3 Å². The molecule has 1 heterocycles. The highest BCUT2D eigenvalue weighted by Gasteiger charge is 2.27. The molecular weight excluding hydrogens is 302 g/mol. The van der Waals surface area contributed by atoms with E-state index < -0.39 is 0 Å². The van der Waals surface area contributed by atoms with Gasteiger partial charge in [-0.05, 0) is 31.4 Å². The maximum absolute atomic E-state index is 12.5. The van der Waals surface area contributed by atoms with E-state index in [1.165, 1.54) is 0 Å². The van der Waals surface area contributed by atoms with Crippen LogP contribution in [0.25, 0.3) is 0 Å². The molecule has 5 heteroatoms. The van der Waals surface area contributed by atoms with Crippen LogP contribution in [0.5, 0.6) is 0 Å². The maximum atomic E-state index is 12.5. The Morgan fingerprint density at radius 3 is 2.46 bits per heavy atom. The fourth-order valence-electron chi connectivity index (χ4n) is 3.00. The molecule has 0 bridgehead atoms. The van der Waals surface area contributed by atoms with Gasteiger partial charge < -0.3 is 10.2 Å². The van der Waals surface area contributed by atoms with Crippen LogP contribution in [0.2, 0.25) is 0 Å². The SMILES string of the molecule is CCCNC(=O)C(C)N1CCN(C(=O)Cc2ccccc2C)CC1. The van der Waals surface area contributed by atoms with Gasteiger partial charge in [0.25, 0.3) is 0 Å². The van der Waals surface area contributed by atoms with E-state index in [0.29, 0.717) is 19.5 Å². The van der Waals surface area contributed by atoms with Gasteiger partial charge in [-0.15, -0.1) is 0 Å². The Hall–Kier alpha value is -1.88. The molecule has 1 aromatic rings. The zero-order valence-corrected chi connectivity index (χ0v) is 15.0. The average Bonchev–Trinajstić information content (AvgIpc) is 2.61. The Balaban J connectivity index is 1.82. The molecule has 1 aliphatic rings. The summed E-state index contributed by atoms with van der Waals surface area (Å²) in [6.45, 7) is 9.63. The lowest BCUT2D eigenvalue weighted by Crippen LogP contribution is -2.55. The summed E-state index contributed by atoms with van der Waals surface area (Å²) in [7, 11) is 0. The predicted molar refractivity (Wildman–Crippen MR) is 95.8 cm³/mol. The Bertz CT molecular complexity index is 565. The minimum atomic E-state index is -0.134. The van der Waals surface area contributed by atoms with Gasteiger partial charge in [0, 0.05) is 32.7 Å². The van der Waals surface area contributed by atoms with Crippen LogP contribution in [-0.2, 0) is 16.0 Å². The number of benzene rings is 1. The van der Waals surface area contributed by atoms with Gasteiger partial charge >= 0.3 is 0 Å². The number of carbonyl (C=O) groups excluding carboxylic acids is 2. The Morgan fingerprint density at radius 2 is 1.83 bits per heavy atom. The standard InChI is InChI=1S/C19H29N3O2/c1-4-9-20-19(24)16(3)21-10-12-22(13-11-21)18(23)14-17-8-6-5-7-15(17)2/h5-8,16H,4,9-14H2,1-3H3,(H,20,24). The fourth-order valence-corrected chi connectivity index (χ4v) is 3.00. The van der Waals surface area contributed by atoms with E-state index in [9.17, 15) is 9.59 Å². The average molecular weight is 331 g/mol. The van der Waals surface area contributed by atoms with E-state index in [1.807, 2.05) is 49.9 Å². The molecule has 2 amide bonds. The van der Waals surface area contributed by atoms with Gasteiger partial charge in [0.1, 0.15) is 0 Å². The van der Waals surface area contributed by atoms with Crippen LogP contribution in [-0.4, -0.2) is 60.4 Å². The number of nitrogens with one attached hydrogen (secondary N) is 1. The van der Waals surface area contributed by atoms with E-state index in [-0.39, 0.29) is 17.9 Å². The van der Waals surface area contributed by atoms with E-state index in [1.54, 1.807) is 0 Å². The number of hydrogen-bond donors (Lipinski definition) is 1. The molecule has 1 fully saturated rings. The first-order valence-corrected chi connectivity index (χ1v) is 8.87. The Morgan fingerprint density at radius 1 is 1.17 bits per heavy atom. The quantitative estimate of drug-likeness (QED) is 0.861. The first kappa shape index (κ1) is 18.5. The van der Waals surface area contributed by atoms with Gasteiger partial charge in [-0.2, -0.15) is 0 Å². The van der Waals surface area contributed by atoms with Gasteiger partial charge in [0.2, 0.25) is 11.8 Å². The molecule has 24 heavy (non-hydrogen) atoms. The van der Waals surface area contributed by atoms with Gasteiger partial charge in [0.05, 0.1) is 12.5 Å². The maximum Gasteiger partial charge on any atom is 0.237 e. The van der Waals surface area contributed by atoms with Crippen LogP contribution < -0.4 is 5.32 Å². The molecule has 0 saturated carbocycles. The van der Waals surface area contributed by atoms with Crippen LogP contribution in [0.3, 0.4) is 0 Å². The number of amides is 2. The molecule has 0 radical (unpaired) electrons. The molecule has 2 rings (SSSR count). The lowest BCUT2D eigenvalue weighted by molar-refractivity contribution is -0.133. The second-order valence-electron chi connectivity index (χ2n) is 6.49. The molecule has 132 valence electrons. The van der Waals surface area contributed by atoms with Crippen molar-refractivity contribution in [3.8, 4) is 0 Å². The van der Waals surface area contributed by atoms with Crippen molar-refractivity contribution in [1.82, 2.24) is 15.1 Å². The van der Waals surface area contributed by atoms with E-state index >= 15 is 0 Å². The van der Waals surface area contributed by atoms with Crippen LogP contribution >= 0.6 is 0 Å². The second-order valence-corrected chi connectivity index (χ2v) is 6.49. The summed E-state index contributed by atoms with van der Waals surface area (Å²) in [5, 5.41) is 2.94. The van der Waals surface area contributed by atoms with Crippen molar-refractivity contribution in [2.24, 2.45) is 0 Å². The third-order valence-electron chi connectivity index (χ3n) is 4.75. The zero-order chi connectivity index (χ0) is 17.5. The highest BCUT2D eigenvalue weighted by atomic mass is 16.2. The number of aryl methyl sites for hydroxylation is 1. The third kappa shape index (κ3) is 4.81. The van der Waals surface area contributed by atoms with Crippen molar-refractivity contribution in [2.45, 2.75) is 39.7 Å². The number of piperazine rings is 1. The first-order valence-electron chi connectivity index (χ1n) is 8.87. The molecule has 1 aliphatic heterocycles. The van der Waals surface area contributed by atoms with Crippen LogP contribution in [0, 0.1) is 6.92 Å². The summed E-state index contributed by atoms with van der Waals surface area (Å²) in [5.41, 5.74) is 2.25. The summed E-state index contributed by atoms with van der Waals surface area (Å²) in [6.07, 6.45) is 1.40. The van der Waals surface area contributed by atoms with Crippen molar-refractivity contribution in [3.63, 3.8) is 0 Å². The fraction of sp³-hybridized carbons (Fsp3) is 0.579. The smallest absolute Gasteiger partial charge is 0.237 e. The van der Waals surface area contributed by atoms with Crippen LogP contribution in [0.4, 0.5) is 0 Å². The molecule has 1 saturated heterocycles. The Labute approximate surface area is 145 Å². The van der Waals surface area contributed by atoms with Gasteiger partial charge in [-0.3, -0.25) is 14.5 Å². The van der Waals surface area contributed by atoms with Crippen molar-refractivity contribution >= 4 is 11.8 Å². The summed E-state index contributed by atoms with van der Waals surface area (Å²) in [4.78, 5) is 28.6. The molecule has 0 spiro atoms. The van der Waals surface area contributed by atoms with Crippen molar-refractivity contribution < 1.29 is 9.59 Å². The molecular formula is C19H29N3O2. The monoisotopic (exact) mass is 331 g/mol. The van der Waals surface area contributed by atoms with E-state index in [0.717, 1.165) is 37.2 Å². The minimum absolute atomic E-state index is 0.0801. The molecule has 5 nitrogen and oxygen atoms in total. The predicted octanol–water partition coefficient (Wildman–Crippen LogP) is 1.60. The summed E-state index contributed by atoms with van der Waals surface area (Å²) < 4.78 is 0. The summed E-state index contributed by atoms with van der Waals surface area (Å²) in [5.74, 6) is 0.253. The second kappa shape index (κ2) is 8.83.